The Bertz CT molecular complexity index is 235. The van der Waals surface area contributed by atoms with Crippen LogP contribution in [0.5, 0.6) is 5.75 Å². The summed E-state index contributed by atoms with van der Waals surface area (Å²) in [6.45, 7) is 2.91. The van der Waals surface area contributed by atoms with Gasteiger partial charge in [-0.1, -0.05) is 38.1 Å². The molecule has 1 aromatic rings. The van der Waals surface area contributed by atoms with Gasteiger partial charge in [0.2, 0.25) is 0 Å². The van der Waals surface area contributed by atoms with Gasteiger partial charge in [0.1, 0.15) is 5.75 Å². The van der Waals surface area contributed by atoms with Crippen molar-refractivity contribution >= 4 is 12.6 Å². The molecule has 65 valence electrons. The topological polar surface area (TPSA) is 9.23 Å². The standard InChI is InChI=1S/C10H13OS/c1-2-3-8-11-9-6-4-5-7-10(9)12/h4-7H,2-3,8H2,1H3. The van der Waals surface area contributed by atoms with E-state index in [2.05, 4.69) is 6.92 Å². The first-order chi connectivity index (χ1) is 5.84. The second kappa shape index (κ2) is 4.99. The molecule has 0 fully saturated rings. The molecule has 0 aliphatic rings. The third kappa shape index (κ3) is 2.70. The molecule has 0 aliphatic heterocycles. The number of hydrogen-bond donors (Lipinski definition) is 0. The van der Waals surface area contributed by atoms with E-state index in [4.69, 9.17) is 17.4 Å². The minimum Gasteiger partial charge on any atom is -0.492 e. The van der Waals surface area contributed by atoms with E-state index in [1.165, 1.54) is 0 Å². The van der Waals surface area contributed by atoms with Crippen LogP contribution in [0.2, 0.25) is 0 Å². The van der Waals surface area contributed by atoms with Gasteiger partial charge in [-0.25, -0.2) is 0 Å². The molecular weight excluding hydrogens is 168 g/mol. The molecule has 0 saturated heterocycles. The third-order valence-electron chi connectivity index (χ3n) is 1.60. The summed E-state index contributed by atoms with van der Waals surface area (Å²) in [4.78, 5) is 0.800. The van der Waals surface area contributed by atoms with Crippen molar-refractivity contribution in [2.24, 2.45) is 0 Å². The zero-order valence-electron chi connectivity index (χ0n) is 7.25. The summed E-state index contributed by atoms with van der Waals surface area (Å²) < 4.78 is 5.47. The molecule has 12 heavy (non-hydrogen) atoms. The molecule has 0 N–H and O–H groups in total. The van der Waals surface area contributed by atoms with Crippen molar-refractivity contribution in [3.8, 4) is 5.75 Å². The quantitative estimate of drug-likeness (QED) is 0.647. The van der Waals surface area contributed by atoms with Crippen LogP contribution in [0.25, 0.3) is 0 Å². The average Bonchev–Trinajstić information content (AvgIpc) is 2.09. The Morgan fingerprint density at radius 2 is 2.08 bits per heavy atom. The lowest BCUT2D eigenvalue weighted by atomic mass is 10.3. The maximum Gasteiger partial charge on any atom is 0.137 e. The van der Waals surface area contributed by atoms with E-state index in [-0.39, 0.29) is 0 Å². The van der Waals surface area contributed by atoms with Gasteiger partial charge in [-0.2, -0.15) is 0 Å². The third-order valence-corrected chi connectivity index (χ3v) is 1.94. The normalized spacial score (nSPS) is 9.75. The zero-order chi connectivity index (χ0) is 8.81. The van der Waals surface area contributed by atoms with Gasteiger partial charge in [-0.3, -0.25) is 0 Å². The van der Waals surface area contributed by atoms with Gasteiger partial charge in [0.05, 0.1) is 11.5 Å². The SMILES string of the molecule is CCCCOc1ccccc1[S]. The largest absolute Gasteiger partial charge is 0.492 e. The Labute approximate surface area is 79.2 Å². The minimum atomic E-state index is 0.768. The Morgan fingerprint density at radius 3 is 2.75 bits per heavy atom. The summed E-state index contributed by atoms with van der Waals surface area (Å²) in [5.41, 5.74) is 0. The van der Waals surface area contributed by atoms with Crippen molar-refractivity contribution in [2.45, 2.75) is 24.7 Å². The van der Waals surface area contributed by atoms with E-state index in [0.717, 1.165) is 30.1 Å². The number of hydrogen-bond acceptors (Lipinski definition) is 1. The summed E-state index contributed by atoms with van der Waals surface area (Å²) in [6.07, 6.45) is 2.24. The Balaban J connectivity index is 2.46. The molecule has 0 spiro atoms. The molecule has 0 heterocycles. The maximum atomic E-state index is 5.47. The van der Waals surface area contributed by atoms with Crippen molar-refractivity contribution < 1.29 is 4.74 Å². The van der Waals surface area contributed by atoms with Crippen LogP contribution in [0.3, 0.4) is 0 Å². The van der Waals surface area contributed by atoms with Crippen molar-refractivity contribution in [1.82, 2.24) is 0 Å². The van der Waals surface area contributed by atoms with Gasteiger partial charge in [-0.05, 0) is 18.6 Å². The lowest BCUT2D eigenvalue weighted by Crippen LogP contribution is -1.96. The lowest BCUT2D eigenvalue weighted by molar-refractivity contribution is 0.302. The molecule has 1 rings (SSSR count). The monoisotopic (exact) mass is 181 g/mol. The molecule has 1 aromatic carbocycles. The van der Waals surface area contributed by atoms with Crippen LogP contribution in [0.15, 0.2) is 29.2 Å². The molecule has 0 bridgehead atoms. The minimum absolute atomic E-state index is 0.768. The van der Waals surface area contributed by atoms with Crippen LogP contribution in [0.4, 0.5) is 0 Å². The summed E-state index contributed by atoms with van der Waals surface area (Å²) >= 11 is 5.08. The highest BCUT2D eigenvalue weighted by Gasteiger charge is 1.97. The van der Waals surface area contributed by atoms with Gasteiger partial charge >= 0.3 is 0 Å². The highest BCUT2D eigenvalue weighted by Crippen LogP contribution is 2.21. The van der Waals surface area contributed by atoms with Gasteiger partial charge in [0.15, 0.2) is 0 Å². The summed E-state index contributed by atoms with van der Waals surface area (Å²) in [6, 6.07) is 7.67. The smallest absolute Gasteiger partial charge is 0.137 e. The molecule has 0 atom stereocenters. The molecular formula is C10H13OS. The van der Waals surface area contributed by atoms with Gasteiger partial charge in [-0.15, -0.1) is 0 Å². The first-order valence-corrected chi connectivity index (χ1v) is 4.64. The number of benzene rings is 1. The second-order valence-corrected chi connectivity index (χ2v) is 3.09. The fourth-order valence-electron chi connectivity index (χ4n) is 0.896. The number of ether oxygens (including phenoxy) is 1. The molecule has 1 nitrogen and oxygen atoms in total. The molecule has 0 unspecified atom stereocenters. The molecule has 0 aromatic heterocycles. The zero-order valence-corrected chi connectivity index (χ0v) is 8.06. The number of rotatable bonds is 4. The van der Waals surface area contributed by atoms with Crippen molar-refractivity contribution in [3.63, 3.8) is 0 Å². The van der Waals surface area contributed by atoms with Gasteiger partial charge in [0, 0.05) is 0 Å². The van der Waals surface area contributed by atoms with E-state index < -0.39 is 0 Å². The molecule has 0 saturated carbocycles. The predicted octanol–water partition coefficient (Wildman–Crippen LogP) is 3.42. The molecule has 0 aliphatic carbocycles. The first-order valence-electron chi connectivity index (χ1n) is 4.23. The highest BCUT2D eigenvalue weighted by atomic mass is 32.1. The van der Waals surface area contributed by atoms with Crippen molar-refractivity contribution in [3.05, 3.63) is 24.3 Å². The van der Waals surface area contributed by atoms with Crippen LogP contribution < -0.4 is 4.74 Å². The van der Waals surface area contributed by atoms with Crippen molar-refractivity contribution in [2.75, 3.05) is 6.61 Å². The molecule has 1 radical (unpaired) electrons. The first kappa shape index (κ1) is 9.33. The van der Waals surface area contributed by atoms with E-state index >= 15 is 0 Å². The van der Waals surface area contributed by atoms with Crippen LogP contribution in [0, 0.1) is 0 Å². The van der Waals surface area contributed by atoms with Crippen molar-refractivity contribution in [1.29, 1.82) is 0 Å². The average molecular weight is 181 g/mol. The van der Waals surface area contributed by atoms with Crippen LogP contribution in [-0.2, 0) is 0 Å². The number of unbranched alkanes of at least 4 members (excludes halogenated alkanes) is 1. The Kier molecular flexibility index (Phi) is 3.88. The molecule has 0 amide bonds. The van der Waals surface area contributed by atoms with Gasteiger partial charge < -0.3 is 4.74 Å². The van der Waals surface area contributed by atoms with Crippen LogP contribution in [-0.4, -0.2) is 6.61 Å². The summed E-state index contributed by atoms with van der Waals surface area (Å²) in [5, 5.41) is 0. The Hall–Kier alpha value is -0.760. The fourth-order valence-corrected chi connectivity index (χ4v) is 1.10. The van der Waals surface area contributed by atoms with Crippen LogP contribution in [0.1, 0.15) is 19.8 Å². The summed E-state index contributed by atoms with van der Waals surface area (Å²) in [5.74, 6) is 0.834. The fraction of sp³-hybridized carbons (Fsp3) is 0.400. The van der Waals surface area contributed by atoms with E-state index in [0.29, 0.717) is 0 Å². The van der Waals surface area contributed by atoms with E-state index in [1.54, 1.807) is 0 Å². The highest BCUT2D eigenvalue weighted by molar-refractivity contribution is 7.80. The van der Waals surface area contributed by atoms with E-state index in [9.17, 15) is 0 Å². The number of para-hydroxylation sites is 1. The maximum absolute atomic E-state index is 5.47. The Morgan fingerprint density at radius 1 is 1.33 bits per heavy atom. The predicted molar refractivity (Wildman–Crippen MR) is 52.7 cm³/mol. The van der Waals surface area contributed by atoms with E-state index in [1.807, 2.05) is 24.3 Å². The van der Waals surface area contributed by atoms with Crippen LogP contribution >= 0.6 is 12.6 Å². The molecule has 2 heteroatoms. The summed E-state index contributed by atoms with van der Waals surface area (Å²) in [7, 11) is 0. The van der Waals surface area contributed by atoms with Gasteiger partial charge in [0.25, 0.3) is 0 Å². The second-order valence-electron chi connectivity index (χ2n) is 2.65. The lowest BCUT2D eigenvalue weighted by Gasteiger charge is -2.05.